The molecule has 2 aromatic rings. The summed E-state index contributed by atoms with van der Waals surface area (Å²) in [6, 6.07) is 13.1. The minimum atomic E-state index is -1.21. The second-order valence-corrected chi connectivity index (χ2v) is 3.61. The number of hydrogen-bond acceptors (Lipinski definition) is 3. The molecule has 0 unspecified atom stereocenters. The molecule has 0 saturated heterocycles. The van der Waals surface area contributed by atoms with Gasteiger partial charge in [0.1, 0.15) is 6.61 Å². The lowest BCUT2D eigenvalue weighted by Gasteiger charge is -2.10. The van der Waals surface area contributed by atoms with Crippen molar-refractivity contribution in [3.05, 3.63) is 70.1 Å². The van der Waals surface area contributed by atoms with Crippen molar-refractivity contribution < 1.29 is 14.7 Å². The third-order valence-electron chi connectivity index (χ3n) is 2.33. The summed E-state index contributed by atoms with van der Waals surface area (Å²) in [6.07, 6.45) is 0. The normalized spacial score (nSPS) is 10.0. The molecule has 1 N–H and O–H groups in total. The van der Waals surface area contributed by atoms with E-state index in [2.05, 4.69) is 0 Å². The molecule has 92 valence electrons. The predicted octanol–water partition coefficient (Wildman–Crippen LogP) is 1.18. The van der Waals surface area contributed by atoms with Crippen LogP contribution in [0.3, 0.4) is 0 Å². The topological polar surface area (TPSA) is 68.5 Å². The van der Waals surface area contributed by atoms with E-state index in [4.69, 9.17) is 9.94 Å². The number of benzene rings is 1. The number of aromatic nitrogens is 1. The standard InChI is InChI=1S/C13H11NO4/c15-12-8-4-7-11(13(16)17)14(12)18-9-10-5-2-1-3-6-10/h1-8H,9H2,(H,16,17). The Balaban J connectivity index is 2.24. The minimum absolute atomic E-state index is 0.130. The lowest BCUT2D eigenvalue weighted by atomic mass is 10.2. The number of pyridine rings is 1. The molecule has 0 aliphatic heterocycles. The van der Waals surface area contributed by atoms with Gasteiger partial charge in [-0.15, -0.1) is 4.73 Å². The van der Waals surface area contributed by atoms with Crippen LogP contribution in [0.15, 0.2) is 53.3 Å². The van der Waals surface area contributed by atoms with Gasteiger partial charge in [0.05, 0.1) is 0 Å². The molecule has 0 bridgehead atoms. The van der Waals surface area contributed by atoms with E-state index in [1.807, 2.05) is 30.3 Å². The monoisotopic (exact) mass is 245 g/mol. The van der Waals surface area contributed by atoms with Gasteiger partial charge in [0.15, 0.2) is 5.69 Å². The SMILES string of the molecule is O=C(O)c1cccc(=O)n1OCc1ccccc1. The summed E-state index contributed by atoms with van der Waals surface area (Å²) >= 11 is 0. The van der Waals surface area contributed by atoms with Crippen LogP contribution in [0.1, 0.15) is 16.1 Å². The van der Waals surface area contributed by atoms with Crippen LogP contribution in [0.2, 0.25) is 0 Å². The zero-order chi connectivity index (χ0) is 13.0. The molecule has 1 heterocycles. The molecule has 0 atom stereocenters. The second-order valence-electron chi connectivity index (χ2n) is 3.61. The van der Waals surface area contributed by atoms with Gasteiger partial charge in [-0.1, -0.05) is 36.4 Å². The summed E-state index contributed by atoms with van der Waals surface area (Å²) in [5.41, 5.74) is 0.147. The molecule has 0 radical (unpaired) electrons. The lowest BCUT2D eigenvalue weighted by molar-refractivity contribution is 0.0536. The predicted molar refractivity (Wildman–Crippen MR) is 64.4 cm³/mol. The van der Waals surface area contributed by atoms with Gasteiger partial charge in [-0.25, -0.2) is 4.79 Å². The van der Waals surface area contributed by atoms with E-state index in [0.29, 0.717) is 0 Å². The highest BCUT2D eigenvalue weighted by Gasteiger charge is 2.11. The highest BCUT2D eigenvalue weighted by Crippen LogP contribution is 2.00. The first kappa shape index (κ1) is 11.9. The maximum Gasteiger partial charge on any atom is 0.356 e. The van der Waals surface area contributed by atoms with Crippen LogP contribution in [0.4, 0.5) is 0 Å². The van der Waals surface area contributed by atoms with E-state index in [0.717, 1.165) is 10.3 Å². The summed E-state index contributed by atoms with van der Waals surface area (Å²) in [7, 11) is 0. The number of carboxylic acids is 1. The minimum Gasteiger partial charge on any atom is -0.476 e. The van der Waals surface area contributed by atoms with Gasteiger partial charge in [0, 0.05) is 6.07 Å². The average Bonchev–Trinajstić information content (AvgIpc) is 2.38. The second kappa shape index (κ2) is 5.18. The van der Waals surface area contributed by atoms with Gasteiger partial charge in [-0.2, -0.15) is 0 Å². The summed E-state index contributed by atoms with van der Waals surface area (Å²) in [6.45, 7) is 0.130. The highest BCUT2D eigenvalue weighted by molar-refractivity contribution is 5.85. The first-order valence-electron chi connectivity index (χ1n) is 5.31. The Labute approximate surface area is 103 Å². The van der Waals surface area contributed by atoms with Crippen LogP contribution in [-0.2, 0) is 6.61 Å². The van der Waals surface area contributed by atoms with Gasteiger partial charge < -0.3 is 9.94 Å². The van der Waals surface area contributed by atoms with Gasteiger partial charge in [0.2, 0.25) is 0 Å². The Hall–Kier alpha value is -2.56. The fraction of sp³-hybridized carbons (Fsp3) is 0.0769. The van der Waals surface area contributed by atoms with Crippen molar-refractivity contribution in [1.82, 2.24) is 4.73 Å². The van der Waals surface area contributed by atoms with E-state index >= 15 is 0 Å². The molecule has 0 spiro atoms. The van der Waals surface area contributed by atoms with E-state index < -0.39 is 11.5 Å². The molecule has 0 aliphatic rings. The third-order valence-corrected chi connectivity index (χ3v) is 2.33. The van der Waals surface area contributed by atoms with Crippen molar-refractivity contribution >= 4 is 5.97 Å². The van der Waals surface area contributed by atoms with Crippen LogP contribution in [0.5, 0.6) is 0 Å². The largest absolute Gasteiger partial charge is 0.476 e. The smallest absolute Gasteiger partial charge is 0.356 e. The molecule has 5 nitrogen and oxygen atoms in total. The number of hydrogen-bond donors (Lipinski definition) is 1. The van der Waals surface area contributed by atoms with Crippen molar-refractivity contribution in [2.75, 3.05) is 0 Å². The van der Waals surface area contributed by atoms with Crippen LogP contribution in [-0.4, -0.2) is 15.8 Å². The van der Waals surface area contributed by atoms with Gasteiger partial charge in [-0.05, 0) is 11.6 Å². The van der Waals surface area contributed by atoms with Crippen molar-refractivity contribution in [1.29, 1.82) is 0 Å². The Morgan fingerprint density at radius 3 is 2.50 bits per heavy atom. The summed E-state index contributed by atoms with van der Waals surface area (Å²) in [4.78, 5) is 27.7. The fourth-order valence-corrected chi connectivity index (χ4v) is 1.48. The molecular weight excluding hydrogens is 234 g/mol. The summed E-state index contributed by atoms with van der Waals surface area (Å²) in [5.74, 6) is -1.21. The molecule has 5 heteroatoms. The molecule has 0 aliphatic carbocycles. The van der Waals surface area contributed by atoms with Crippen molar-refractivity contribution in [2.24, 2.45) is 0 Å². The maximum absolute atomic E-state index is 11.5. The molecule has 0 fully saturated rings. The fourth-order valence-electron chi connectivity index (χ4n) is 1.48. The van der Waals surface area contributed by atoms with Gasteiger partial charge in [0.25, 0.3) is 5.56 Å². The third kappa shape index (κ3) is 2.57. The van der Waals surface area contributed by atoms with Crippen molar-refractivity contribution in [3.8, 4) is 0 Å². The zero-order valence-electron chi connectivity index (χ0n) is 9.45. The number of aromatic carboxylic acids is 1. The Bertz CT molecular complexity index is 604. The van der Waals surface area contributed by atoms with Gasteiger partial charge >= 0.3 is 5.97 Å². The van der Waals surface area contributed by atoms with Crippen molar-refractivity contribution in [2.45, 2.75) is 6.61 Å². The van der Waals surface area contributed by atoms with Crippen molar-refractivity contribution in [3.63, 3.8) is 0 Å². The van der Waals surface area contributed by atoms with Gasteiger partial charge in [-0.3, -0.25) is 4.79 Å². The van der Waals surface area contributed by atoms with Crippen LogP contribution < -0.4 is 10.4 Å². The molecule has 1 aromatic heterocycles. The Morgan fingerprint density at radius 1 is 1.11 bits per heavy atom. The van der Waals surface area contributed by atoms with E-state index in [1.165, 1.54) is 18.2 Å². The Kier molecular flexibility index (Phi) is 3.43. The summed E-state index contributed by atoms with van der Waals surface area (Å²) < 4.78 is 0.787. The molecule has 2 rings (SSSR count). The lowest BCUT2D eigenvalue weighted by Crippen LogP contribution is -2.30. The highest BCUT2D eigenvalue weighted by atomic mass is 16.7. The number of carboxylic acid groups (broad SMARTS) is 1. The molecule has 18 heavy (non-hydrogen) atoms. The Morgan fingerprint density at radius 2 is 1.83 bits per heavy atom. The molecule has 0 amide bonds. The average molecular weight is 245 g/mol. The number of carbonyl (C=O) groups is 1. The summed E-state index contributed by atoms with van der Waals surface area (Å²) in [5, 5.41) is 8.95. The number of nitrogens with zero attached hydrogens (tertiary/aromatic N) is 1. The maximum atomic E-state index is 11.5. The zero-order valence-corrected chi connectivity index (χ0v) is 9.45. The van der Waals surface area contributed by atoms with E-state index in [9.17, 15) is 9.59 Å². The van der Waals surface area contributed by atoms with Crippen LogP contribution >= 0.6 is 0 Å². The quantitative estimate of drug-likeness (QED) is 0.878. The van der Waals surface area contributed by atoms with E-state index in [1.54, 1.807) is 0 Å². The molecular formula is C13H11NO4. The van der Waals surface area contributed by atoms with Crippen LogP contribution in [0.25, 0.3) is 0 Å². The first-order chi connectivity index (χ1) is 8.68. The first-order valence-corrected chi connectivity index (χ1v) is 5.31. The molecule has 1 aromatic carbocycles. The van der Waals surface area contributed by atoms with E-state index in [-0.39, 0.29) is 12.3 Å². The number of rotatable bonds is 4. The van der Waals surface area contributed by atoms with Crippen LogP contribution in [0, 0.1) is 0 Å². The molecule has 0 saturated carbocycles.